The van der Waals surface area contributed by atoms with E-state index in [1.807, 2.05) is 29.1 Å². The van der Waals surface area contributed by atoms with Crippen LogP contribution in [0.2, 0.25) is 0 Å². The van der Waals surface area contributed by atoms with Gasteiger partial charge in [-0.1, -0.05) is 18.2 Å². The maximum atomic E-state index is 4.45. The van der Waals surface area contributed by atoms with Crippen LogP contribution >= 0.6 is 12.4 Å². The molecule has 0 saturated carbocycles. The average Bonchev–Trinajstić information content (AvgIpc) is 2.76. The van der Waals surface area contributed by atoms with E-state index in [1.165, 1.54) is 18.5 Å². The number of para-hydroxylation sites is 1. The summed E-state index contributed by atoms with van der Waals surface area (Å²) in [7, 11) is 0. The lowest BCUT2D eigenvalue weighted by molar-refractivity contribution is 0.284. The van der Waals surface area contributed by atoms with Crippen LogP contribution in [0.4, 0.5) is 0 Å². The van der Waals surface area contributed by atoms with Crippen molar-refractivity contribution in [2.75, 3.05) is 26.2 Å². The Kier molecular flexibility index (Phi) is 5.59. The number of hydrogen-bond acceptors (Lipinski definition) is 3. The lowest BCUT2D eigenvalue weighted by atomic mass is 10.3. The Morgan fingerprint density at radius 2 is 1.95 bits per heavy atom. The van der Waals surface area contributed by atoms with Crippen molar-refractivity contribution >= 4 is 12.4 Å². The van der Waals surface area contributed by atoms with Crippen molar-refractivity contribution in [3.63, 3.8) is 0 Å². The fourth-order valence-corrected chi connectivity index (χ4v) is 2.48. The molecule has 1 aliphatic rings. The Balaban J connectivity index is 0.00000147. The molecule has 0 unspecified atom stereocenters. The largest absolute Gasteiger partial charge is 0.315 e. The van der Waals surface area contributed by atoms with Gasteiger partial charge in [-0.2, -0.15) is 5.10 Å². The normalized spacial score (nSPS) is 16.4. The second-order valence-electron chi connectivity index (χ2n) is 5.01. The van der Waals surface area contributed by atoms with Gasteiger partial charge in [0.05, 0.1) is 11.9 Å². The molecule has 5 heteroatoms. The highest BCUT2D eigenvalue weighted by Gasteiger charge is 2.10. The smallest absolute Gasteiger partial charge is 0.0645 e. The zero-order valence-corrected chi connectivity index (χ0v) is 12.4. The van der Waals surface area contributed by atoms with Crippen LogP contribution in [0.1, 0.15) is 12.0 Å². The minimum Gasteiger partial charge on any atom is -0.315 e. The van der Waals surface area contributed by atoms with E-state index in [1.54, 1.807) is 0 Å². The molecule has 0 radical (unpaired) electrons. The highest BCUT2D eigenvalue weighted by Crippen LogP contribution is 2.10. The van der Waals surface area contributed by atoms with Crippen molar-refractivity contribution in [3.8, 4) is 5.69 Å². The van der Waals surface area contributed by atoms with Gasteiger partial charge in [-0.05, 0) is 31.6 Å². The molecule has 1 aromatic carbocycles. The summed E-state index contributed by atoms with van der Waals surface area (Å²) in [6, 6.07) is 10.3. The third kappa shape index (κ3) is 3.82. The lowest BCUT2D eigenvalue weighted by Gasteiger charge is -2.17. The molecular formula is C15H21ClN4. The van der Waals surface area contributed by atoms with Crippen molar-refractivity contribution in [2.45, 2.75) is 13.0 Å². The molecule has 1 saturated heterocycles. The van der Waals surface area contributed by atoms with Gasteiger partial charge in [-0.15, -0.1) is 12.4 Å². The van der Waals surface area contributed by atoms with Crippen LogP contribution < -0.4 is 5.32 Å². The summed E-state index contributed by atoms with van der Waals surface area (Å²) in [5.74, 6) is 0. The van der Waals surface area contributed by atoms with Gasteiger partial charge in [0.1, 0.15) is 0 Å². The number of benzene rings is 1. The van der Waals surface area contributed by atoms with Gasteiger partial charge in [0, 0.05) is 31.4 Å². The number of rotatable bonds is 3. The molecule has 1 aliphatic heterocycles. The van der Waals surface area contributed by atoms with Gasteiger partial charge in [-0.25, -0.2) is 4.68 Å². The molecule has 1 aromatic heterocycles. The van der Waals surface area contributed by atoms with Gasteiger partial charge < -0.3 is 5.32 Å². The minimum atomic E-state index is 0. The third-order valence-corrected chi connectivity index (χ3v) is 3.50. The molecule has 108 valence electrons. The van der Waals surface area contributed by atoms with E-state index >= 15 is 0 Å². The van der Waals surface area contributed by atoms with E-state index in [9.17, 15) is 0 Å². The first kappa shape index (κ1) is 15.0. The van der Waals surface area contributed by atoms with Crippen molar-refractivity contribution in [2.24, 2.45) is 0 Å². The zero-order valence-electron chi connectivity index (χ0n) is 11.5. The summed E-state index contributed by atoms with van der Waals surface area (Å²) in [5, 5.41) is 7.88. The number of nitrogens with zero attached hydrogens (tertiary/aromatic N) is 3. The van der Waals surface area contributed by atoms with Crippen LogP contribution in [0.15, 0.2) is 42.7 Å². The Morgan fingerprint density at radius 3 is 2.80 bits per heavy atom. The Labute approximate surface area is 126 Å². The van der Waals surface area contributed by atoms with Gasteiger partial charge in [0.25, 0.3) is 0 Å². The predicted molar refractivity (Wildman–Crippen MR) is 83.6 cm³/mol. The van der Waals surface area contributed by atoms with Gasteiger partial charge >= 0.3 is 0 Å². The molecule has 0 amide bonds. The first-order chi connectivity index (χ1) is 9.42. The predicted octanol–water partition coefficient (Wildman–Crippen LogP) is 2.09. The summed E-state index contributed by atoms with van der Waals surface area (Å²) < 4.78 is 1.95. The maximum Gasteiger partial charge on any atom is 0.0645 e. The fourth-order valence-electron chi connectivity index (χ4n) is 2.48. The fraction of sp³-hybridized carbons (Fsp3) is 0.400. The average molecular weight is 293 g/mol. The molecular weight excluding hydrogens is 272 g/mol. The summed E-state index contributed by atoms with van der Waals surface area (Å²) in [5.41, 5.74) is 2.40. The van der Waals surface area contributed by atoms with E-state index in [-0.39, 0.29) is 12.4 Å². The first-order valence-corrected chi connectivity index (χ1v) is 6.94. The molecule has 0 bridgehead atoms. The van der Waals surface area contributed by atoms with Crippen molar-refractivity contribution < 1.29 is 0 Å². The van der Waals surface area contributed by atoms with E-state index in [2.05, 4.69) is 33.6 Å². The van der Waals surface area contributed by atoms with Crippen LogP contribution in [-0.4, -0.2) is 40.9 Å². The molecule has 2 aromatic rings. The van der Waals surface area contributed by atoms with Crippen molar-refractivity contribution in [1.29, 1.82) is 0 Å². The van der Waals surface area contributed by atoms with Crippen LogP contribution in [-0.2, 0) is 6.54 Å². The summed E-state index contributed by atoms with van der Waals surface area (Å²) in [4.78, 5) is 2.49. The van der Waals surface area contributed by atoms with E-state index in [0.717, 1.165) is 31.9 Å². The third-order valence-electron chi connectivity index (χ3n) is 3.50. The molecule has 1 fully saturated rings. The topological polar surface area (TPSA) is 33.1 Å². The number of hydrogen-bond donors (Lipinski definition) is 1. The van der Waals surface area contributed by atoms with E-state index in [0.29, 0.717) is 0 Å². The second-order valence-corrected chi connectivity index (χ2v) is 5.01. The molecule has 0 spiro atoms. The van der Waals surface area contributed by atoms with Gasteiger partial charge in [0.15, 0.2) is 0 Å². The van der Waals surface area contributed by atoms with E-state index in [4.69, 9.17) is 0 Å². The second kappa shape index (κ2) is 7.43. The highest BCUT2D eigenvalue weighted by atomic mass is 35.5. The SMILES string of the molecule is Cl.c1ccc(-n2cc(CN3CCCNCC3)cn2)cc1. The van der Waals surface area contributed by atoms with E-state index < -0.39 is 0 Å². The molecule has 4 nitrogen and oxygen atoms in total. The number of nitrogens with one attached hydrogen (secondary N) is 1. The summed E-state index contributed by atoms with van der Waals surface area (Å²) >= 11 is 0. The molecule has 20 heavy (non-hydrogen) atoms. The number of halogens is 1. The molecule has 1 N–H and O–H groups in total. The molecule has 0 atom stereocenters. The highest BCUT2D eigenvalue weighted by molar-refractivity contribution is 5.85. The molecule has 0 aliphatic carbocycles. The van der Waals surface area contributed by atoms with Gasteiger partial charge in [-0.3, -0.25) is 4.90 Å². The zero-order chi connectivity index (χ0) is 12.9. The van der Waals surface area contributed by atoms with Crippen LogP contribution in [0.3, 0.4) is 0 Å². The van der Waals surface area contributed by atoms with Crippen LogP contribution in [0.25, 0.3) is 5.69 Å². The minimum absolute atomic E-state index is 0. The van der Waals surface area contributed by atoms with Crippen LogP contribution in [0, 0.1) is 0 Å². The lowest BCUT2D eigenvalue weighted by Crippen LogP contribution is -2.27. The number of aromatic nitrogens is 2. The summed E-state index contributed by atoms with van der Waals surface area (Å²) in [6.45, 7) is 5.52. The Hall–Kier alpha value is -1.36. The molecule has 2 heterocycles. The van der Waals surface area contributed by atoms with Gasteiger partial charge in [0.2, 0.25) is 0 Å². The monoisotopic (exact) mass is 292 g/mol. The molecule has 3 rings (SSSR count). The quantitative estimate of drug-likeness (QED) is 0.940. The first-order valence-electron chi connectivity index (χ1n) is 6.94. The Bertz CT molecular complexity index is 504. The standard InChI is InChI=1S/C15H20N4.ClH/c1-2-5-15(6-3-1)19-13-14(11-17-19)12-18-9-4-7-16-8-10-18;/h1-3,5-6,11,13,16H,4,7-10,12H2;1H. The summed E-state index contributed by atoms with van der Waals surface area (Å²) in [6.07, 6.45) is 5.34. The maximum absolute atomic E-state index is 4.45. The van der Waals surface area contributed by atoms with Crippen molar-refractivity contribution in [3.05, 3.63) is 48.3 Å². The Morgan fingerprint density at radius 1 is 1.10 bits per heavy atom. The van der Waals surface area contributed by atoms with Crippen molar-refractivity contribution in [1.82, 2.24) is 20.0 Å². The van der Waals surface area contributed by atoms with Crippen LogP contribution in [0.5, 0.6) is 0 Å².